The van der Waals surface area contributed by atoms with E-state index in [1.54, 1.807) is 11.3 Å². The molecule has 0 amide bonds. The Hall–Kier alpha value is 0.01000. The van der Waals surface area contributed by atoms with Crippen LogP contribution in [0.2, 0.25) is 0 Å². The van der Waals surface area contributed by atoms with E-state index >= 15 is 0 Å². The molecule has 1 aliphatic heterocycles. The monoisotopic (exact) mass is 214 g/mol. The molecule has 0 radical (unpaired) electrons. The van der Waals surface area contributed by atoms with Gasteiger partial charge in [0.15, 0.2) is 0 Å². The minimum absolute atomic E-state index is 0.137. The molecule has 2 rings (SSSR count). The van der Waals surface area contributed by atoms with Gasteiger partial charge < -0.3 is 5.11 Å². The third-order valence-corrected chi connectivity index (χ3v) is 4.65. The van der Waals surface area contributed by atoms with Gasteiger partial charge in [-0.05, 0) is 41.0 Å². The van der Waals surface area contributed by atoms with E-state index in [0.29, 0.717) is 5.25 Å². The topological polar surface area (TPSA) is 20.2 Å². The van der Waals surface area contributed by atoms with Gasteiger partial charge in [0.25, 0.3) is 0 Å². The quantitative estimate of drug-likeness (QED) is 0.834. The van der Waals surface area contributed by atoms with Gasteiger partial charge in [0.1, 0.15) is 0 Å². The van der Waals surface area contributed by atoms with Crippen LogP contribution in [-0.4, -0.2) is 22.2 Å². The van der Waals surface area contributed by atoms with Gasteiger partial charge in [-0.2, -0.15) is 23.1 Å². The van der Waals surface area contributed by atoms with Crippen molar-refractivity contribution in [2.24, 2.45) is 0 Å². The Morgan fingerprint density at radius 3 is 3.15 bits per heavy atom. The molecule has 3 heteroatoms. The molecule has 1 aromatic heterocycles. The van der Waals surface area contributed by atoms with Crippen molar-refractivity contribution in [3.05, 3.63) is 22.4 Å². The van der Waals surface area contributed by atoms with Gasteiger partial charge in [0.05, 0.1) is 6.10 Å². The normalized spacial score (nSPS) is 24.8. The number of rotatable bonds is 3. The number of hydrogen-bond acceptors (Lipinski definition) is 3. The summed E-state index contributed by atoms with van der Waals surface area (Å²) in [7, 11) is 0. The second kappa shape index (κ2) is 4.49. The zero-order chi connectivity index (χ0) is 9.10. The summed E-state index contributed by atoms with van der Waals surface area (Å²) in [4.78, 5) is 0. The largest absolute Gasteiger partial charge is 0.392 e. The molecule has 1 nitrogen and oxygen atoms in total. The second-order valence-electron chi connectivity index (χ2n) is 3.45. The minimum atomic E-state index is -0.137. The molecule has 2 unspecified atom stereocenters. The van der Waals surface area contributed by atoms with E-state index in [9.17, 15) is 5.11 Å². The average Bonchev–Trinajstić information content (AvgIpc) is 2.74. The summed E-state index contributed by atoms with van der Waals surface area (Å²) < 4.78 is 0. The summed E-state index contributed by atoms with van der Waals surface area (Å²) in [5, 5.41) is 14.6. The van der Waals surface area contributed by atoms with Crippen LogP contribution in [0.4, 0.5) is 0 Å². The lowest BCUT2D eigenvalue weighted by Crippen LogP contribution is -2.22. The van der Waals surface area contributed by atoms with Crippen molar-refractivity contribution >= 4 is 23.1 Å². The van der Waals surface area contributed by atoms with Crippen molar-refractivity contribution in [1.29, 1.82) is 0 Å². The fourth-order valence-electron chi connectivity index (χ4n) is 1.69. The lowest BCUT2D eigenvalue weighted by atomic mass is 10.1. The Morgan fingerprint density at radius 2 is 2.54 bits per heavy atom. The van der Waals surface area contributed by atoms with Gasteiger partial charge in [-0.1, -0.05) is 0 Å². The minimum Gasteiger partial charge on any atom is -0.392 e. The van der Waals surface area contributed by atoms with Gasteiger partial charge in [-0.15, -0.1) is 0 Å². The van der Waals surface area contributed by atoms with Crippen molar-refractivity contribution in [3.63, 3.8) is 0 Å². The summed E-state index contributed by atoms with van der Waals surface area (Å²) in [5.74, 6) is 1.23. The number of thiophene rings is 1. The van der Waals surface area contributed by atoms with E-state index in [1.165, 1.54) is 24.2 Å². The van der Waals surface area contributed by atoms with Crippen LogP contribution in [0.5, 0.6) is 0 Å². The van der Waals surface area contributed by atoms with Crippen LogP contribution in [-0.2, 0) is 6.42 Å². The summed E-state index contributed by atoms with van der Waals surface area (Å²) in [6.45, 7) is 0. The highest BCUT2D eigenvalue weighted by atomic mass is 32.2. The Morgan fingerprint density at radius 1 is 1.62 bits per heavy atom. The van der Waals surface area contributed by atoms with E-state index in [2.05, 4.69) is 16.8 Å². The van der Waals surface area contributed by atoms with Crippen molar-refractivity contribution in [2.75, 3.05) is 5.75 Å². The molecule has 1 aliphatic rings. The van der Waals surface area contributed by atoms with Crippen LogP contribution >= 0.6 is 23.1 Å². The standard InChI is InChI=1S/C10H14OS2/c11-9(10-2-1-4-13-10)6-8-3-5-12-7-8/h3,5,7,9-11H,1-2,4,6H2. The van der Waals surface area contributed by atoms with Crippen molar-refractivity contribution in [3.8, 4) is 0 Å². The highest BCUT2D eigenvalue weighted by Gasteiger charge is 2.23. The number of aliphatic hydroxyl groups excluding tert-OH is 1. The first-order chi connectivity index (χ1) is 6.36. The van der Waals surface area contributed by atoms with Crippen molar-refractivity contribution in [2.45, 2.75) is 30.6 Å². The fourth-order valence-corrected chi connectivity index (χ4v) is 3.66. The van der Waals surface area contributed by atoms with Crippen LogP contribution in [0.25, 0.3) is 0 Å². The second-order valence-corrected chi connectivity index (χ2v) is 5.58. The zero-order valence-corrected chi connectivity index (χ0v) is 9.11. The molecule has 72 valence electrons. The Balaban J connectivity index is 1.87. The highest BCUT2D eigenvalue weighted by molar-refractivity contribution is 8.00. The van der Waals surface area contributed by atoms with Crippen molar-refractivity contribution < 1.29 is 5.11 Å². The molecule has 1 saturated heterocycles. The van der Waals surface area contributed by atoms with Crippen LogP contribution in [0, 0.1) is 0 Å². The number of thioether (sulfide) groups is 1. The molecular weight excluding hydrogens is 200 g/mol. The summed E-state index contributed by atoms with van der Waals surface area (Å²) in [5.41, 5.74) is 1.28. The van der Waals surface area contributed by atoms with Crippen LogP contribution < -0.4 is 0 Å². The van der Waals surface area contributed by atoms with E-state index in [0.717, 1.165) is 6.42 Å². The number of hydrogen-bond donors (Lipinski definition) is 1. The summed E-state index contributed by atoms with van der Waals surface area (Å²) >= 11 is 3.63. The first kappa shape index (κ1) is 9.56. The van der Waals surface area contributed by atoms with Gasteiger partial charge in [0.2, 0.25) is 0 Å². The molecule has 0 saturated carbocycles. The first-order valence-corrected chi connectivity index (χ1v) is 6.66. The van der Waals surface area contributed by atoms with Crippen LogP contribution in [0.1, 0.15) is 18.4 Å². The third kappa shape index (κ3) is 2.48. The Bertz CT molecular complexity index is 239. The zero-order valence-electron chi connectivity index (χ0n) is 7.48. The molecular formula is C10H14OS2. The lowest BCUT2D eigenvalue weighted by Gasteiger charge is -2.15. The summed E-state index contributed by atoms with van der Waals surface area (Å²) in [6.07, 6.45) is 3.16. The highest BCUT2D eigenvalue weighted by Crippen LogP contribution is 2.30. The van der Waals surface area contributed by atoms with Gasteiger partial charge in [0, 0.05) is 11.7 Å². The molecule has 1 aromatic rings. The average molecular weight is 214 g/mol. The molecule has 13 heavy (non-hydrogen) atoms. The predicted molar refractivity (Wildman–Crippen MR) is 59.5 cm³/mol. The van der Waals surface area contributed by atoms with E-state index in [1.807, 2.05) is 11.8 Å². The van der Waals surface area contributed by atoms with Gasteiger partial charge in [-0.3, -0.25) is 0 Å². The predicted octanol–water partition coefficient (Wildman–Crippen LogP) is 2.55. The maximum absolute atomic E-state index is 9.90. The molecule has 0 bridgehead atoms. The van der Waals surface area contributed by atoms with Crippen molar-refractivity contribution in [1.82, 2.24) is 0 Å². The van der Waals surface area contributed by atoms with Gasteiger partial charge in [-0.25, -0.2) is 0 Å². The molecule has 0 spiro atoms. The molecule has 2 heterocycles. The van der Waals surface area contributed by atoms with E-state index < -0.39 is 0 Å². The molecule has 2 atom stereocenters. The lowest BCUT2D eigenvalue weighted by molar-refractivity contribution is 0.170. The maximum atomic E-state index is 9.90. The van der Waals surface area contributed by atoms with Crippen LogP contribution in [0.3, 0.4) is 0 Å². The van der Waals surface area contributed by atoms with E-state index in [4.69, 9.17) is 0 Å². The molecule has 1 N–H and O–H groups in total. The SMILES string of the molecule is OC(Cc1ccsc1)C1CCCS1. The molecule has 0 aliphatic carbocycles. The van der Waals surface area contributed by atoms with Gasteiger partial charge >= 0.3 is 0 Å². The Labute approximate surface area is 87.2 Å². The Kier molecular flexibility index (Phi) is 3.30. The smallest absolute Gasteiger partial charge is 0.0699 e. The van der Waals surface area contributed by atoms with E-state index in [-0.39, 0.29) is 6.10 Å². The molecule has 1 fully saturated rings. The third-order valence-electron chi connectivity index (χ3n) is 2.42. The number of aliphatic hydroxyl groups is 1. The fraction of sp³-hybridized carbons (Fsp3) is 0.600. The molecule has 0 aromatic carbocycles. The maximum Gasteiger partial charge on any atom is 0.0699 e. The first-order valence-electron chi connectivity index (χ1n) is 4.67. The van der Waals surface area contributed by atoms with Crippen LogP contribution in [0.15, 0.2) is 16.8 Å². The summed E-state index contributed by atoms with van der Waals surface area (Å²) in [6, 6.07) is 2.10.